The van der Waals surface area contributed by atoms with Crippen LogP contribution < -0.4 is 10.3 Å². The number of esters is 1. The summed E-state index contributed by atoms with van der Waals surface area (Å²) in [6, 6.07) is 11.3. The maximum Gasteiger partial charge on any atom is 0.312 e. The zero-order valence-electron chi connectivity index (χ0n) is 14.0. The Morgan fingerprint density at radius 3 is 2.64 bits per heavy atom. The third kappa shape index (κ3) is 2.55. The fourth-order valence-corrected chi connectivity index (χ4v) is 3.21. The molecule has 25 heavy (non-hydrogen) atoms. The number of fused-ring (bicyclic) bond motifs is 1. The van der Waals surface area contributed by atoms with Crippen LogP contribution in [-0.4, -0.2) is 20.3 Å². The fraction of sp³-hybridized carbons (Fsp3) is 0.211. The van der Waals surface area contributed by atoms with Gasteiger partial charge in [0, 0.05) is 37.1 Å². The molecular weight excluding hydrogens is 318 g/mol. The quantitative estimate of drug-likeness (QED) is 0.674. The summed E-state index contributed by atoms with van der Waals surface area (Å²) in [4.78, 5) is 24.8. The molecule has 0 bridgehead atoms. The molecule has 1 aliphatic rings. The summed E-state index contributed by atoms with van der Waals surface area (Å²) in [5.41, 5.74) is 3.01. The molecule has 0 fully saturated rings. The maximum absolute atomic E-state index is 12.7. The van der Waals surface area contributed by atoms with Crippen LogP contribution in [0.15, 0.2) is 53.6 Å². The molecule has 0 amide bonds. The second kappa shape index (κ2) is 5.73. The summed E-state index contributed by atoms with van der Waals surface area (Å²) in [5.74, 6) is -0.249. The molecule has 4 rings (SSSR count). The van der Waals surface area contributed by atoms with Gasteiger partial charge in [0.1, 0.15) is 5.75 Å². The number of aromatic nitrogens is 3. The zero-order chi connectivity index (χ0) is 17.6. The standard InChI is InChI=1S/C19H17N3O3/c1-12-10-16-18(19(24)21(12)2)15(11-17(23)25-16)13-4-6-14(7-5-13)22-9-3-8-20-22/h3-10,15H,11H2,1-2H3. The van der Waals surface area contributed by atoms with Gasteiger partial charge in [-0.2, -0.15) is 5.10 Å². The lowest BCUT2D eigenvalue weighted by atomic mass is 9.87. The number of aryl methyl sites for hydroxylation is 1. The molecule has 1 atom stereocenters. The number of carbonyl (C=O) groups is 1. The smallest absolute Gasteiger partial charge is 0.312 e. The second-order valence-electron chi connectivity index (χ2n) is 6.20. The number of benzene rings is 1. The van der Waals surface area contributed by atoms with Crippen LogP contribution in [0.1, 0.15) is 29.2 Å². The minimum Gasteiger partial charge on any atom is -0.426 e. The average Bonchev–Trinajstić information content (AvgIpc) is 3.14. The van der Waals surface area contributed by atoms with Crippen molar-refractivity contribution in [3.63, 3.8) is 0 Å². The molecule has 1 aliphatic heterocycles. The van der Waals surface area contributed by atoms with E-state index in [9.17, 15) is 9.59 Å². The molecule has 0 saturated carbocycles. The van der Waals surface area contributed by atoms with E-state index in [0.29, 0.717) is 11.3 Å². The molecule has 126 valence electrons. The molecule has 0 N–H and O–H groups in total. The monoisotopic (exact) mass is 335 g/mol. The van der Waals surface area contributed by atoms with E-state index in [2.05, 4.69) is 5.10 Å². The van der Waals surface area contributed by atoms with Crippen LogP contribution >= 0.6 is 0 Å². The Bertz CT molecular complexity index is 1000. The SMILES string of the molecule is Cc1cc2c(c(=O)n1C)C(c1ccc(-n3cccn3)cc1)CC(=O)O2. The van der Waals surface area contributed by atoms with Crippen molar-refractivity contribution >= 4 is 5.97 Å². The van der Waals surface area contributed by atoms with Gasteiger partial charge in [-0.25, -0.2) is 4.68 Å². The summed E-state index contributed by atoms with van der Waals surface area (Å²) in [6.07, 6.45) is 3.74. The molecular formula is C19H17N3O3. The van der Waals surface area contributed by atoms with E-state index < -0.39 is 0 Å². The fourth-order valence-electron chi connectivity index (χ4n) is 3.21. The molecule has 0 radical (unpaired) electrons. The van der Waals surface area contributed by atoms with Crippen molar-refractivity contribution in [2.24, 2.45) is 7.05 Å². The number of hydrogen-bond donors (Lipinski definition) is 0. The molecule has 6 nitrogen and oxygen atoms in total. The number of nitrogens with zero attached hydrogens (tertiary/aromatic N) is 3. The minimum absolute atomic E-state index is 0.122. The average molecular weight is 335 g/mol. The van der Waals surface area contributed by atoms with Gasteiger partial charge in [-0.05, 0) is 30.7 Å². The third-order valence-corrected chi connectivity index (χ3v) is 4.68. The molecule has 0 saturated heterocycles. The van der Waals surface area contributed by atoms with E-state index in [4.69, 9.17) is 4.74 Å². The summed E-state index contributed by atoms with van der Waals surface area (Å²) in [5, 5.41) is 4.20. The summed E-state index contributed by atoms with van der Waals surface area (Å²) >= 11 is 0. The highest BCUT2D eigenvalue weighted by molar-refractivity contribution is 5.77. The highest BCUT2D eigenvalue weighted by Crippen LogP contribution is 2.37. The lowest BCUT2D eigenvalue weighted by Crippen LogP contribution is -2.31. The number of rotatable bonds is 2. The Hall–Kier alpha value is -3.15. The van der Waals surface area contributed by atoms with Crippen LogP contribution in [0.25, 0.3) is 5.69 Å². The second-order valence-corrected chi connectivity index (χ2v) is 6.20. The van der Waals surface area contributed by atoms with Gasteiger partial charge in [-0.3, -0.25) is 9.59 Å². The van der Waals surface area contributed by atoms with Crippen molar-refractivity contribution in [3.8, 4) is 11.4 Å². The first-order chi connectivity index (χ1) is 12.0. The Kier molecular flexibility index (Phi) is 3.53. The molecule has 1 aromatic carbocycles. The molecule has 0 spiro atoms. The predicted molar refractivity (Wildman–Crippen MR) is 92.1 cm³/mol. The molecule has 3 aromatic rings. The van der Waals surface area contributed by atoms with E-state index in [1.165, 1.54) is 0 Å². The largest absolute Gasteiger partial charge is 0.426 e. The number of hydrogen-bond acceptors (Lipinski definition) is 4. The van der Waals surface area contributed by atoms with Gasteiger partial charge in [-0.1, -0.05) is 12.1 Å². The van der Waals surface area contributed by atoms with Crippen molar-refractivity contribution in [2.45, 2.75) is 19.3 Å². The molecule has 6 heteroatoms. The van der Waals surface area contributed by atoms with Crippen LogP contribution in [0.3, 0.4) is 0 Å². The molecule has 2 aromatic heterocycles. The Labute approximate surface area is 144 Å². The van der Waals surface area contributed by atoms with Crippen molar-refractivity contribution in [1.82, 2.24) is 14.3 Å². The third-order valence-electron chi connectivity index (χ3n) is 4.68. The van der Waals surface area contributed by atoms with Gasteiger partial charge in [0.2, 0.25) is 0 Å². The summed E-state index contributed by atoms with van der Waals surface area (Å²) in [7, 11) is 1.73. The van der Waals surface area contributed by atoms with Crippen molar-refractivity contribution in [3.05, 3.63) is 76.0 Å². The van der Waals surface area contributed by atoms with Gasteiger partial charge in [0.15, 0.2) is 0 Å². The number of pyridine rings is 1. The summed E-state index contributed by atoms with van der Waals surface area (Å²) in [6.45, 7) is 1.82. The highest BCUT2D eigenvalue weighted by Gasteiger charge is 2.32. The Morgan fingerprint density at radius 1 is 1.20 bits per heavy atom. The van der Waals surface area contributed by atoms with Crippen LogP contribution in [0.5, 0.6) is 5.75 Å². The van der Waals surface area contributed by atoms with E-state index in [-0.39, 0.29) is 23.9 Å². The first kappa shape index (κ1) is 15.4. The Balaban J connectivity index is 1.80. The van der Waals surface area contributed by atoms with Crippen molar-refractivity contribution < 1.29 is 9.53 Å². The van der Waals surface area contributed by atoms with Crippen LogP contribution in [0, 0.1) is 6.92 Å². The van der Waals surface area contributed by atoms with Crippen LogP contribution in [-0.2, 0) is 11.8 Å². The normalized spacial score (nSPS) is 16.4. The van der Waals surface area contributed by atoms with E-state index in [1.54, 1.807) is 28.6 Å². The van der Waals surface area contributed by atoms with Gasteiger partial charge in [0.25, 0.3) is 5.56 Å². The van der Waals surface area contributed by atoms with E-state index in [0.717, 1.165) is 16.9 Å². The maximum atomic E-state index is 12.7. The van der Waals surface area contributed by atoms with Crippen LogP contribution in [0.4, 0.5) is 0 Å². The lowest BCUT2D eigenvalue weighted by molar-refractivity contribution is -0.135. The van der Waals surface area contributed by atoms with Crippen molar-refractivity contribution in [1.29, 1.82) is 0 Å². The molecule has 3 heterocycles. The molecule has 1 unspecified atom stereocenters. The topological polar surface area (TPSA) is 66.1 Å². The highest BCUT2D eigenvalue weighted by atomic mass is 16.5. The Morgan fingerprint density at radius 2 is 1.96 bits per heavy atom. The molecule has 0 aliphatic carbocycles. The lowest BCUT2D eigenvalue weighted by Gasteiger charge is -2.25. The van der Waals surface area contributed by atoms with Crippen LogP contribution in [0.2, 0.25) is 0 Å². The first-order valence-corrected chi connectivity index (χ1v) is 8.06. The zero-order valence-corrected chi connectivity index (χ0v) is 14.0. The minimum atomic E-state index is -0.318. The number of carbonyl (C=O) groups excluding carboxylic acids is 1. The first-order valence-electron chi connectivity index (χ1n) is 8.06. The summed E-state index contributed by atoms with van der Waals surface area (Å²) < 4.78 is 8.66. The van der Waals surface area contributed by atoms with E-state index >= 15 is 0 Å². The van der Waals surface area contributed by atoms with Crippen molar-refractivity contribution in [2.75, 3.05) is 0 Å². The van der Waals surface area contributed by atoms with Gasteiger partial charge >= 0.3 is 5.97 Å². The van der Waals surface area contributed by atoms with Gasteiger partial charge in [-0.15, -0.1) is 0 Å². The van der Waals surface area contributed by atoms with Gasteiger partial charge < -0.3 is 9.30 Å². The van der Waals surface area contributed by atoms with Gasteiger partial charge in [0.05, 0.1) is 17.7 Å². The predicted octanol–water partition coefficient (Wildman–Crippen LogP) is 2.32. The van der Waals surface area contributed by atoms with E-state index in [1.807, 2.05) is 43.5 Å². The number of ether oxygens (including phenoxy) is 1.